The SMILES string of the molecule is CC(=O)NC[N+](C)(CCC[C@H]1OC(COC(C)=O)[C@@H](OC(C)=O)C(OC(C)=O)C1OC(C)=O)CNC(C)=O. The summed E-state index contributed by atoms with van der Waals surface area (Å²) in [5.41, 5.74) is 0. The lowest BCUT2D eigenvalue weighted by Crippen LogP contribution is -2.62. The van der Waals surface area contributed by atoms with E-state index in [0.29, 0.717) is 13.0 Å². The molecule has 1 aliphatic heterocycles. The molecule has 0 saturated carbocycles. The molecule has 1 heterocycles. The molecule has 2 N–H and O–H groups in total. The summed E-state index contributed by atoms with van der Waals surface area (Å²) < 4.78 is 27.8. The minimum Gasteiger partial charge on any atom is -0.463 e. The van der Waals surface area contributed by atoms with Crippen molar-refractivity contribution in [1.82, 2.24) is 10.6 Å². The third-order valence-electron chi connectivity index (χ3n) is 5.69. The normalized spacial score (nSPS) is 23.0. The van der Waals surface area contributed by atoms with Crippen molar-refractivity contribution in [2.45, 2.75) is 84.9 Å². The maximum absolute atomic E-state index is 12.0. The predicted molar refractivity (Wildman–Crippen MR) is 130 cm³/mol. The van der Waals surface area contributed by atoms with Crippen molar-refractivity contribution in [3.63, 3.8) is 0 Å². The van der Waals surface area contributed by atoms with Gasteiger partial charge >= 0.3 is 23.9 Å². The minimum atomic E-state index is -1.22. The van der Waals surface area contributed by atoms with Gasteiger partial charge < -0.3 is 34.3 Å². The molecule has 0 aromatic carbocycles. The van der Waals surface area contributed by atoms with E-state index in [0.717, 1.165) is 13.8 Å². The van der Waals surface area contributed by atoms with Crippen LogP contribution in [-0.2, 0) is 52.5 Å². The van der Waals surface area contributed by atoms with Crippen LogP contribution in [0.2, 0.25) is 0 Å². The van der Waals surface area contributed by atoms with Gasteiger partial charge in [0, 0.05) is 41.5 Å². The molecule has 0 aromatic heterocycles. The maximum Gasteiger partial charge on any atom is 0.303 e. The molecule has 38 heavy (non-hydrogen) atoms. The molecule has 1 aliphatic rings. The van der Waals surface area contributed by atoms with Gasteiger partial charge in [0.1, 0.15) is 12.7 Å². The third-order valence-corrected chi connectivity index (χ3v) is 5.69. The molecular weight excluding hydrogens is 506 g/mol. The molecule has 0 spiro atoms. The van der Waals surface area contributed by atoms with Gasteiger partial charge in [0.05, 0.1) is 19.7 Å². The van der Waals surface area contributed by atoms with Crippen molar-refractivity contribution >= 4 is 35.7 Å². The first-order chi connectivity index (χ1) is 17.6. The van der Waals surface area contributed by atoms with Crippen LogP contribution in [0.3, 0.4) is 0 Å². The average molecular weight is 547 g/mol. The number of carbonyl (C=O) groups is 6. The number of amides is 2. The molecule has 1 rings (SSSR count). The number of nitrogens with one attached hydrogen (secondary N) is 2. The maximum atomic E-state index is 12.0. The highest BCUT2D eigenvalue weighted by Crippen LogP contribution is 2.31. The number of rotatable bonds is 13. The summed E-state index contributed by atoms with van der Waals surface area (Å²) in [5.74, 6) is -3.12. The Balaban J connectivity index is 3.22. The molecule has 216 valence electrons. The van der Waals surface area contributed by atoms with Crippen molar-refractivity contribution in [3.05, 3.63) is 0 Å². The molecule has 14 nitrogen and oxygen atoms in total. The first-order valence-electron chi connectivity index (χ1n) is 12.3. The Labute approximate surface area is 222 Å². The van der Waals surface area contributed by atoms with Gasteiger partial charge in [-0.05, 0) is 12.8 Å². The zero-order valence-corrected chi connectivity index (χ0v) is 23.1. The lowest BCUT2D eigenvalue weighted by Gasteiger charge is -2.44. The fraction of sp³-hybridized carbons (Fsp3) is 0.750. The van der Waals surface area contributed by atoms with Crippen LogP contribution >= 0.6 is 0 Å². The third kappa shape index (κ3) is 11.9. The second-order valence-corrected chi connectivity index (χ2v) is 9.51. The first kappa shape index (κ1) is 32.8. The average Bonchev–Trinajstić information content (AvgIpc) is 2.78. The Bertz CT molecular complexity index is 861. The quantitative estimate of drug-likeness (QED) is 0.132. The summed E-state index contributed by atoms with van der Waals surface area (Å²) in [7, 11) is 1.85. The van der Waals surface area contributed by atoms with E-state index < -0.39 is 54.4 Å². The van der Waals surface area contributed by atoms with Crippen LogP contribution in [0.1, 0.15) is 54.4 Å². The number of hydrogen-bond donors (Lipinski definition) is 2. The van der Waals surface area contributed by atoms with Crippen molar-refractivity contribution in [2.24, 2.45) is 0 Å². The largest absolute Gasteiger partial charge is 0.463 e. The highest BCUT2D eigenvalue weighted by molar-refractivity contribution is 5.73. The highest BCUT2D eigenvalue weighted by Gasteiger charge is 2.51. The summed E-state index contributed by atoms with van der Waals surface area (Å²) in [6.07, 6.45) is -4.65. The van der Waals surface area contributed by atoms with Crippen LogP contribution in [0.15, 0.2) is 0 Å². The molecule has 0 bridgehead atoms. The predicted octanol–water partition coefficient (Wildman–Crippen LogP) is -0.474. The number of ether oxygens (including phenoxy) is 5. The Morgan fingerprint density at radius 2 is 1.13 bits per heavy atom. The van der Waals surface area contributed by atoms with Crippen LogP contribution in [0.4, 0.5) is 0 Å². The molecule has 5 atom stereocenters. The Hall–Kier alpha value is -3.26. The molecule has 2 amide bonds. The van der Waals surface area contributed by atoms with E-state index in [9.17, 15) is 28.8 Å². The molecule has 14 heteroatoms. The Morgan fingerprint density at radius 3 is 1.55 bits per heavy atom. The van der Waals surface area contributed by atoms with Gasteiger partial charge in [0.25, 0.3) is 0 Å². The van der Waals surface area contributed by atoms with E-state index in [4.69, 9.17) is 23.7 Å². The van der Waals surface area contributed by atoms with Crippen molar-refractivity contribution < 1.29 is 56.9 Å². The van der Waals surface area contributed by atoms with E-state index in [1.54, 1.807) is 0 Å². The lowest BCUT2D eigenvalue weighted by atomic mass is 9.91. The highest BCUT2D eigenvalue weighted by atomic mass is 16.7. The van der Waals surface area contributed by atoms with Gasteiger partial charge in [-0.15, -0.1) is 0 Å². The van der Waals surface area contributed by atoms with Crippen molar-refractivity contribution in [2.75, 3.05) is 33.5 Å². The zero-order chi connectivity index (χ0) is 29.0. The molecule has 0 aliphatic carbocycles. The van der Waals surface area contributed by atoms with E-state index in [-0.39, 0.29) is 42.7 Å². The zero-order valence-electron chi connectivity index (χ0n) is 23.1. The number of carbonyl (C=O) groups excluding carboxylic acids is 6. The second kappa shape index (κ2) is 15.2. The monoisotopic (exact) mass is 546 g/mol. The summed E-state index contributed by atoms with van der Waals surface area (Å²) in [4.78, 5) is 70.2. The standard InChI is InChI=1S/C24H39N3O11/c1-14(28)25-12-27(7,13-26-15(2)29)10-8-9-20-22(35-17(4)31)24(37-19(6)33)23(36-18(5)32)21(38-20)11-34-16(3)30/h20-24H,8-13H2,1-7H3,(H-,25,26,28,29)/p+1/t20-,21?,22?,23-,24?/m1/s1. The van der Waals surface area contributed by atoms with Crippen LogP contribution in [-0.4, -0.2) is 104 Å². The van der Waals surface area contributed by atoms with E-state index in [1.165, 1.54) is 27.7 Å². The van der Waals surface area contributed by atoms with Gasteiger partial charge in [-0.1, -0.05) is 0 Å². The Morgan fingerprint density at radius 1 is 0.684 bits per heavy atom. The summed E-state index contributed by atoms with van der Waals surface area (Å²) in [6.45, 7) is 8.14. The van der Waals surface area contributed by atoms with Crippen molar-refractivity contribution in [3.8, 4) is 0 Å². The van der Waals surface area contributed by atoms with Crippen molar-refractivity contribution in [1.29, 1.82) is 0 Å². The lowest BCUT2D eigenvalue weighted by molar-refractivity contribution is -0.913. The van der Waals surface area contributed by atoms with Crippen LogP contribution in [0, 0.1) is 0 Å². The second-order valence-electron chi connectivity index (χ2n) is 9.51. The van der Waals surface area contributed by atoms with Gasteiger partial charge in [0.15, 0.2) is 31.6 Å². The van der Waals surface area contributed by atoms with Crippen LogP contribution < -0.4 is 10.6 Å². The molecular formula is C24H40N3O11+. The van der Waals surface area contributed by atoms with Gasteiger partial charge in [0.2, 0.25) is 11.8 Å². The topological polar surface area (TPSA) is 173 Å². The van der Waals surface area contributed by atoms with Gasteiger partial charge in [-0.3, -0.25) is 33.3 Å². The number of hydrogen-bond acceptors (Lipinski definition) is 11. The van der Waals surface area contributed by atoms with E-state index in [1.807, 2.05) is 7.05 Å². The molecule has 3 unspecified atom stereocenters. The summed E-state index contributed by atoms with van der Waals surface area (Å²) in [6, 6.07) is 0. The van der Waals surface area contributed by atoms with E-state index in [2.05, 4.69) is 10.6 Å². The number of nitrogens with zero attached hydrogens (tertiary/aromatic N) is 1. The molecule has 1 fully saturated rings. The van der Waals surface area contributed by atoms with Crippen LogP contribution in [0.5, 0.6) is 0 Å². The minimum absolute atomic E-state index is 0.225. The summed E-state index contributed by atoms with van der Waals surface area (Å²) >= 11 is 0. The Kier molecular flexibility index (Phi) is 13.1. The smallest absolute Gasteiger partial charge is 0.303 e. The molecule has 0 aromatic rings. The van der Waals surface area contributed by atoms with E-state index >= 15 is 0 Å². The van der Waals surface area contributed by atoms with Gasteiger partial charge in [-0.2, -0.15) is 0 Å². The molecule has 1 saturated heterocycles. The molecule has 0 radical (unpaired) electrons. The fourth-order valence-electron chi connectivity index (χ4n) is 4.04. The first-order valence-corrected chi connectivity index (χ1v) is 12.3. The fourth-order valence-corrected chi connectivity index (χ4v) is 4.04. The summed E-state index contributed by atoms with van der Waals surface area (Å²) in [5, 5.41) is 5.49. The van der Waals surface area contributed by atoms with Gasteiger partial charge in [-0.25, -0.2) is 0 Å². The van der Waals surface area contributed by atoms with Crippen LogP contribution in [0.25, 0.3) is 0 Å². The number of esters is 4. The number of quaternary nitrogens is 1.